The van der Waals surface area contributed by atoms with E-state index in [1.165, 1.54) is 14.0 Å². The lowest BCUT2D eigenvalue weighted by Crippen LogP contribution is -2.54. The number of hydrogen-bond acceptors (Lipinski definition) is 5. The molecule has 0 spiro atoms. The third kappa shape index (κ3) is 7.46. The first kappa shape index (κ1) is 23.3. The van der Waals surface area contributed by atoms with Crippen LogP contribution in [0.5, 0.6) is 11.5 Å². The van der Waals surface area contributed by atoms with Gasteiger partial charge in [0.05, 0.1) is 13.7 Å². The number of carbonyl (C=O) groups is 3. The maximum absolute atomic E-state index is 12.3. The van der Waals surface area contributed by atoms with Gasteiger partial charge in [0.2, 0.25) is 5.91 Å². The van der Waals surface area contributed by atoms with Crippen LogP contribution in [0.2, 0.25) is 0 Å². The van der Waals surface area contributed by atoms with Crippen LogP contribution < -0.4 is 25.6 Å². The molecule has 28 heavy (non-hydrogen) atoms. The van der Waals surface area contributed by atoms with Crippen molar-refractivity contribution in [3.05, 3.63) is 23.8 Å². The van der Waals surface area contributed by atoms with Crippen molar-refractivity contribution in [3.8, 4) is 11.5 Å². The third-order valence-electron chi connectivity index (χ3n) is 3.99. The van der Waals surface area contributed by atoms with Gasteiger partial charge in [0.1, 0.15) is 6.04 Å². The Balaban J connectivity index is 2.73. The third-order valence-corrected chi connectivity index (χ3v) is 3.99. The monoisotopic (exact) mass is 393 g/mol. The lowest BCUT2D eigenvalue weighted by Gasteiger charge is -2.21. The van der Waals surface area contributed by atoms with Gasteiger partial charge in [-0.1, -0.05) is 27.7 Å². The fraction of sp³-hybridized carbons (Fsp3) is 0.550. The second-order valence-electron chi connectivity index (χ2n) is 7.26. The summed E-state index contributed by atoms with van der Waals surface area (Å²) in [4.78, 5) is 35.8. The Bertz CT molecular complexity index is 688. The van der Waals surface area contributed by atoms with E-state index in [1.54, 1.807) is 32.0 Å². The van der Waals surface area contributed by atoms with Gasteiger partial charge in [-0.3, -0.25) is 25.2 Å². The molecule has 0 saturated carbocycles. The van der Waals surface area contributed by atoms with Crippen LogP contribution in [0, 0.1) is 11.8 Å². The van der Waals surface area contributed by atoms with E-state index >= 15 is 0 Å². The highest BCUT2D eigenvalue weighted by Gasteiger charge is 2.23. The van der Waals surface area contributed by atoms with Gasteiger partial charge in [-0.15, -0.1) is 0 Å². The predicted molar refractivity (Wildman–Crippen MR) is 106 cm³/mol. The van der Waals surface area contributed by atoms with Gasteiger partial charge in [-0.25, -0.2) is 0 Å². The molecule has 0 heterocycles. The van der Waals surface area contributed by atoms with Gasteiger partial charge in [-0.05, 0) is 36.5 Å². The van der Waals surface area contributed by atoms with Gasteiger partial charge >= 0.3 is 0 Å². The Morgan fingerprint density at radius 3 is 2.25 bits per heavy atom. The van der Waals surface area contributed by atoms with Gasteiger partial charge in [-0.2, -0.15) is 0 Å². The van der Waals surface area contributed by atoms with Crippen molar-refractivity contribution in [1.82, 2.24) is 16.2 Å². The molecule has 0 bridgehead atoms. The molecule has 8 heteroatoms. The minimum absolute atomic E-state index is 0.136. The van der Waals surface area contributed by atoms with Gasteiger partial charge in [0.25, 0.3) is 11.8 Å². The lowest BCUT2D eigenvalue weighted by molar-refractivity contribution is -0.129. The first-order valence-corrected chi connectivity index (χ1v) is 9.33. The van der Waals surface area contributed by atoms with Crippen LogP contribution >= 0.6 is 0 Å². The number of ether oxygens (including phenoxy) is 2. The first-order valence-electron chi connectivity index (χ1n) is 9.33. The van der Waals surface area contributed by atoms with Crippen LogP contribution in [0.1, 0.15) is 51.4 Å². The van der Waals surface area contributed by atoms with Crippen molar-refractivity contribution < 1.29 is 23.9 Å². The zero-order valence-electron chi connectivity index (χ0n) is 17.4. The van der Waals surface area contributed by atoms with E-state index in [2.05, 4.69) is 30.0 Å². The number of hydrogen-bond donors (Lipinski definition) is 3. The second kappa shape index (κ2) is 11.2. The van der Waals surface area contributed by atoms with Gasteiger partial charge in [0, 0.05) is 12.5 Å². The van der Waals surface area contributed by atoms with Gasteiger partial charge in [0.15, 0.2) is 11.5 Å². The summed E-state index contributed by atoms with van der Waals surface area (Å²) >= 11 is 0. The number of benzene rings is 1. The van der Waals surface area contributed by atoms with E-state index in [-0.39, 0.29) is 11.8 Å². The molecular formula is C20H31N3O5. The molecule has 3 amide bonds. The number of carbonyl (C=O) groups excluding carboxylic acids is 3. The molecule has 0 unspecified atom stereocenters. The standard InChI is InChI=1S/C20H31N3O5/c1-12(2)9-10-28-16-8-7-15(11-17(16)27-6)19(25)22-23-20(26)18(13(3)4)21-14(5)24/h7-8,11-13,18H,9-10H2,1-6H3,(H,21,24)(H,22,25)(H,23,26)/t18-/m1/s1. The smallest absolute Gasteiger partial charge is 0.269 e. The van der Waals surface area contributed by atoms with E-state index in [1.807, 2.05) is 0 Å². The molecule has 3 N–H and O–H groups in total. The van der Waals surface area contributed by atoms with Crippen LogP contribution in [0.25, 0.3) is 0 Å². The normalized spacial score (nSPS) is 11.7. The molecule has 0 aliphatic heterocycles. The Hall–Kier alpha value is -2.77. The van der Waals surface area contributed by atoms with Crippen LogP contribution in [-0.2, 0) is 9.59 Å². The van der Waals surface area contributed by atoms with Crippen molar-refractivity contribution in [2.75, 3.05) is 13.7 Å². The summed E-state index contributed by atoms with van der Waals surface area (Å²) in [5.74, 6) is 0.0353. The zero-order chi connectivity index (χ0) is 21.3. The second-order valence-corrected chi connectivity index (χ2v) is 7.26. The van der Waals surface area contributed by atoms with E-state index in [0.29, 0.717) is 29.6 Å². The number of nitrogens with one attached hydrogen (secondary N) is 3. The Morgan fingerprint density at radius 1 is 1.04 bits per heavy atom. The van der Waals surface area contributed by atoms with Crippen molar-refractivity contribution in [1.29, 1.82) is 0 Å². The zero-order valence-corrected chi connectivity index (χ0v) is 17.4. The fourth-order valence-corrected chi connectivity index (χ4v) is 2.35. The summed E-state index contributed by atoms with van der Waals surface area (Å²) in [5.41, 5.74) is 4.99. The molecule has 0 aliphatic carbocycles. The summed E-state index contributed by atoms with van der Waals surface area (Å²) < 4.78 is 11.0. The summed E-state index contributed by atoms with van der Waals surface area (Å²) in [5, 5.41) is 2.56. The van der Waals surface area contributed by atoms with Crippen molar-refractivity contribution in [2.45, 2.75) is 47.1 Å². The van der Waals surface area contributed by atoms with E-state index in [0.717, 1.165) is 6.42 Å². The number of rotatable bonds is 9. The highest BCUT2D eigenvalue weighted by atomic mass is 16.5. The minimum Gasteiger partial charge on any atom is -0.493 e. The van der Waals surface area contributed by atoms with E-state index in [9.17, 15) is 14.4 Å². The average molecular weight is 393 g/mol. The minimum atomic E-state index is -0.746. The highest BCUT2D eigenvalue weighted by Crippen LogP contribution is 2.28. The quantitative estimate of drug-likeness (QED) is 0.557. The maximum atomic E-state index is 12.3. The Morgan fingerprint density at radius 2 is 1.71 bits per heavy atom. The molecule has 0 aliphatic rings. The summed E-state index contributed by atoms with van der Waals surface area (Å²) in [7, 11) is 1.49. The molecule has 1 aromatic carbocycles. The SMILES string of the molecule is COc1cc(C(=O)NNC(=O)[C@H](NC(C)=O)C(C)C)ccc1OCCC(C)C. The predicted octanol–water partition coefficient (Wildman–Crippen LogP) is 2.04. The largest absolute Gasteiger partial charge is 0.493 e. The van der Waals surface area contributed by atoms with Crippen molar-refractivity contribution in [3.63, 3.8) is 0 Å². The molecular weight excluding hydrogens is 362 g/mol. The Kier molecular flexibility index (Phi) is 9.27. The first-order chi connectivity index (χ1) is 13.1. The molecule has 0 radical (unpaired) electrons. The topological polar surface area (TPSA) is 106 Å². The number of hydrazine groups is 1. The van der Waals surface area contributed by atoms with Crippen LogP contribution in [0.3, 0.4) is 0 Å². The lowest BCUT2D eigenvalue weighted by atomic mass is 10.0. The molecule has 156 valence electrons. The molecule has 8 nitrogen and oxygen atoms in total. The maximum Gasteiger partial charge on any atom is 0.269 e. The summed E-state index contributed by atoms with van der Waals surface area (Å²) in [6.45, 7) is 9.69. The number of methoxy groups -OCH3 is 1. The molecule has 1 rings (SSSR count). The van der Waals surface area contributed by atoms with Crippen LogP contribution in [0.15, 0.2) is 18.2 Å². The molecule has 0 fully saturated rings. The summed E-state index contributed by atoms with van der Waals surface area (Å²) in [6, 6.07) is 4.04. The Labute approximate surface area is 166 Å². The summed E-state index contributed by atoms with van der Waals surface area (Å²) in [6.07, 6.45) is 0.905. The van der Waals surface area contributed by atoms with Crippen molar-refractivity contribution in [2.24, 2.45) is 11.8 Å². The van der Waals surface area contributed by atoms with E-state index < -0.39 is 17.9 Å². The van der Waals surface area contributed by atoms with Gasteiger partial charge < -0.3 is 14.8 Å². The average Bonchev–Trinajstić information content (AvgIpc) is 2.63. The highest BCUT2D eigenvalue weighted by molar-refractivity contribution is 5.96. The van der Waals surface area contributed by atoms with Crippen LogP contribution in [-0.4, -0.2) is 37.5 Å². The molecule has 0 saturated heterocycles. The molecule has 0 aromatic heterocycles. The fourth-order valence-electron chi connectivity index (χ4n) is 2.35. The number of amides is 3. The van der Waals surface area contributed by atoms with Crippen LogP contribution in [0.4, 0.5) is 0 Å². The molecule has 1 aromatic rings. The van der Waals surface area contributed by atoms with E-state index in [4.69, 9.17) is 9.47 Å². The van der Waals surface area contributed by atoms with Crippen molar-refractivity contribution >= 4 is 17.7 Å². The molecule has 1 atom stereocenters.